The summed E-state index contributed by atoms with van der Waals surface area (Å²) in [5.41, 5.74) is 4.87. The van der Waals surface area contributed by atoms with Crippen molar-refractivity contribution in [2.75, 3.05) is 5.32 Å². The number of hydrogen-bond donors (Lipinski definition) is 2. The van der Waals surface area contributed by atoms with Crippen molar-refractivity contribution in [2.45, 2.75) is 6.92 Å². The molecule has 0 spiro atoms. The Morgan fingerprint density at radius 3 is 2.60 bits per heavy atom. The Morgan fingerprint density at radius 2 is 1.85 bits per heavy atom. The fraction of sp³-hybridized carbons (Fsp3) is 0.0667. The third kappa shape index (κ3) is 3.83. The molecule has 0 radical (unpaired) electrons. The van der Waals surface area contributed by atoms with Crippen LogP contribution in [0.1, 0.15) is 11.1 Å². The van der Waals surface area contributed by atoms with Crippen LogP contribution in [-0.2, 0) is 0 Å². The maximum absolute atomic E-state index is 11.7. The number of halogens is 1. The summed E-state index contributed by atoms with van der Waals surface area (Å²) in [4.78, 5) is 11.7. The van der Waals surface area contributed by atoms with Crippen LogP contribution in [0.5, 0.6) is 0 Å². The second kappa shape index (κ2) is 6.73. The Hall–Kier alpha value is -2.33. The predicted octanol–water partition coefficient (Wildman–Crippen LogP) is 3.80. The molecule has 0 heterocycles. The van der Waals surface area contributed by atoms with E-state index in [-0.39, 0.29) is 0 Å². The summed E-state index contributed by atoms with van der Waals surface area (Å²) in [6, 6.07) is 14.4. The van der Waals surface area contributed by atoms with Crippen LogP contribution in [0, 0.1) is 6.92 Å². The van der Waals surface area contributed by atoms with E-state index in [0.717, 1.165) is 16.8 Å². The van der Waals surface area contributed by atoms with Crippen molar-refractivity contribution in [1.82, 2.24) is 5.43 Å². The zero-order valence-electron chi connectivity index (χ0n) is 10.9. The summed E-state index contributed by atoms with van der Waals surface area (Å²) < 4.78 is 0. The molecule has 2 rings (SSSR count). The van der Waals surface area contributed by atoms with E-state index in [1.807, 2.05) is 49.4 Å². The van der Waals surface area contributed by atoms with E-state index >= 15 is 0 Å². The van der Waals surface area contributed by atoms with Crippen molar-refractivity contribution in [3.8, 4) is 0 Å². The third-order valence-electron chi connectivity index (χ3n) is 2.67. The highest BCUT2D eigenvalue weighted by Crippen LogP contribution is 2.13. The molecular formula is C15H14ClN3O. The van der Waals surface area contributed by atoms with Crippen molar-refractivity contribution in [2.24, 2.45) is 5.10 Å². The van der Waals surface area contributed by atoms with E-state index in [1.54, 1.807) is 6.07 Å². The number of para-hydroxylation sites is 1. The summed E-state index contributed by atoms with van der Waals surface area (Å²) in [5, 5.41) is 7.15. The lowest BCUT2D eigenvalue weighted by Gasteiger charge is -2.06. The van der Waals surface area contributed by atoms with Gasteiger partial charge in [-0.05, 0) is 24.6 Å². The largest absolute Gasteiger partial charge is 0.339 e. The lowest BCUT2D eigenvalue weighted by molar-refractivity contribution is 0.252. The molecule has 20 heavy (non-hydrogen) atoms. The number of aryl methyl sites for hydroxylation is 1. The highest BCUT2D eigenvalue weighted by Gasteiger charge is 2.02. The second-order valence-corrected chi connectivity index (χ2v) is 4.57. The molecule has 0 aliphatic heterocycles. The molecule has 0 atom stereocenters. The van der Waals surface area contributed by atoms with Gasteiger partial charge in [-0.2, -0.15) is 5.10 Å². The van der Waals surface area contributed by atoms with Gasteiger partial charge in [0.05, 0.1) is 6.21 Å². The average Bonchev–Trinajstić information content (AvgIpc) is 2.43. The first kappa shape index (κ1) is 14.1. The molecule has 0 aliphatic rings. The van der Waals surface area contributed by atoms with Gasteiger partial charge in [0, 0.05) is 16.3 Å². The quantitative estimate of drug-likeness (QED) is 0.655. The standard InChI is InChI=1S/C15H14ClN3O/c1-11-6-2-5-9-14(11)18-15(20)19-17-10-12-7-3-4-8-13(12)16/h2-10H,1H3,(H2,18,19,20)/b17-10-. The Bertz CT molecular complexity index is 641. The van der Waals surface area contributed by atoms with Crippen molar-refractivity contribution in [3.63, 3.8) is 0 Å². The molecular weight excluding hydrogens is 274 g/mol. The van der Waals surface area contributed by atoms with Crippen LogP contribution in [0.15, 0.2) is 53.6 Å². The second-order valence-electron chi connectivity index (χ2n) is 4.16. The summed E-state index contributed by atoms with van der Waals surface area (Å²) in [6.07, 6.45) is 1.50. The number of urea groups is 1. The molecule has 0 unspecified atom stereocenters. The number of hydrogen-bond acceptors (Lipinski definition) is 2. The molecule has 5 heteroatoms. The van der Waals surface area contributed by atoms with Crippen LogP contribution < -0.4 is 10.7 Å². The van der Waals surface area contributed by atoms with E-state index in [2.05, 4.69) is 15.8 Å². The molecule has 102 valence electrons. The molecule has 2 amide bonds. The Labute approximate surface area is 122 Å². The lowest BCUT2D eigenvalue weighted by Crippen LogP contribution is -2.24. The maximum atomic E-state index is 11.7. The van der Waals surface area contributed by atoms with Crippen molar-refractivity contribution in [3.05, 3.63) is 64.7 Å². The molecule has 0 fully saturated rings. The third-order valence-corrected chi connectivity index (χ3v) is 3.01. The first-order valence-corrected chi connectivity index (χ1v) is 6.45. The van der Waals surface area contributed by atoms with Gasteiger partial charge in [0.15, 0.2) is 0 Å². The van der Waals surface area contributed by atoms with Crippen molar-refractivity contribution >= 4 is 29.5 Å². The minimum atomic E-state index is -0.400. The summed E-state index contributed by atoms with van der Waals surface area (Å²) in [7, 11) is 0. The molecule has 4 nitrogen and oxygen atoms in total. The number of rotatable bonds is 3. The summed E-state index contributed by atoms with van der Waals surface area (Å²) >= 11 is 5.97. The van der Waals surface area contributed by atoms with Crippen LogP contribution in [0.3, 0.4) is 0 Å². The van der Waals surface area contributed by atoms with Gasteiger partial charge in [-0.15, -0.1) is 0 Å². The van der Waals surface area contributed by atoms with E-state index in [9.17, 15) is 4.79 Å². The zero-order chi connectivity index (χ0) is 14.4. The number of benzene rings is 2. The first-order valence-electron chi connectivity index (χ1n) is 6.07. The molecule has 0 aromatic heterocycles. The smallest absolute Gasteiger partial charge is 0.306 e. The molecule has 0 saturated carbocycles. The van der Waals surface area contributed by atoms with E-state index < -0.39 is 6.03 Å². The highest BCUT2D eigenvalue weighted by molar-refractivity contribution is 6.33. The number of nitrogens with one attached hydrogen (secondary N) is 2. The monoisotopic (exact) mass is 287 g/mol. The summed E-state index contributed by atoms with van der Waals surface area (Å²) in [5.74, 6) is 0. The average molecular weight is 288 g/mol. The van der Waals surface area contributed by atoms with Crippen LogP contribution in [0.2, 0.25) is 5.02 Å². The Morgan fingerprint density at radius 1 is 1.15 bits per heavy atom. The van der Waals surface area contributed by atoms with Crippen LogP contribution >= 0.6 is 11.6 Å². The maximum Gasteiger partial charge on any atom is 0.339 e. The van der Waals surface area contributed by atoms with Gasteiger partial charge in [-0.1, -0.05) is 48.0 Å². The molecule has 2 aromatic carbocycles. The van der Waals surface area contributed by atoms with Gasteiger partial charge < -0.3 is 5.32 Å². The number of carbonyl (C=O) groups is 1. The number of carbonyl (C=O) groups excluding carboxylic acids is 1. The fourth-order valence-electron chi connectivity index (χ4n) is 1.60. The van der Waals surface area contributed by atoms with Crippen molar-refractivity contribution in [1.29, 1.82) is 0 Å². The van der Waals surface area contributed by atoms with Gasteiger partial charge >= 0.3 is 6.03 Å². The molecule has 2 aromatic rings. The van der Waals surface area contributed by atoms with Crippen LogP contribution in [0.25, 0.3) is 0 Å². The van der Waals surface area contributed by atoms with Crippen molar-refractivity contribution < 1.29 is 4.79 Å². The summed E-state index contributed by atoms with van der Waals surface area (Å²) in [6.45, 7) is 1.92. The van der Waals surface area contributed by atoms with Crippen LogP contribution in [-0.4, -0.2) is 12.2 Å². The number of nitrogens with zero attached hydrogens (tertiary/aromatic N) is 1. The normalized spacial score (nSPS) is 10.5. The fourth-order valence-corrected chi connectivity index (χ4v) is 1.79. The van der Waals surface area contributed by atoms with Gasteiger partial charge in [0.1, 0.15) is 0 Å². The molecule has 0 aliphatic carbocycles. The number of hydrazone groups is 1. The number of amides is 2. The minimum absolute atomic E-state index is 0.400. The lowest BCUT2D eigenvalue weighted by atomic mass is 10.2. The predicted molar refractivity (Wildman–Crippen MR) is 82.4 cm³/mol. The molecule has 0 saturated heterocycles. The number of anilines is 1. The highest BCUT2D eigenvalue weighted by atomic mass is 35.5. The van der Waals surface area contributed by atoms with Crippen LogP contribution in [0.4, 0.5) is 10.5 Å². The zero-order valence-corrected chi connectivity index (χ0v) is 11.7. The Balaban J connectivity index is 1.93. The minimum Gasteiger partial charge on any atom is -0.306 e. The topological polar surface area (TPSA) is 53.5 Å². The van der Waals surface area contributed by atoms with Gasteiger partial charge in [0.25, 0.3) is 0 Å². The first-order chi connectivity index (χ1) is 9.66. The Kier molecular flexibility index (Phi) is 4.74. The van der Waals surface area contributed by atoms with Gasteiger partial charge in [-0.3, -0.25) is 0 Å². The SMILES string of the molecule is Cc1ccccc1NC(=O)N/N=C\c1ccccc1Cl. The van der Waals surface area contributed by atoms with E-state index in [4.69, 9.17) is 11.6 Å². The molecule has 0 bridgehead atoms. The van der Waals surface area contributed by atoms with Gasteiger partial charge in [0.2, 0.25) is 0 Å². The molecule has 2 N–H and O–H groups in total. The van der Waals surface area contributed by atoms with E-state index in [0.29, 0.717) is 5.02 Å². The van der Waals surface area contributed by atoms with Gasteiger partial charge in [-0.25, -0.2) is 10.2 Å². The van der Waals surface area contributed by atoms with E-state index in [1.165, 1.54) is 6.21 Å².